The van der Waals surface area contributed by atoms with Crippen LogP contribution in [-0.2, 0) is 16.0 Å². The van der Waals surface area contributed by atoms with Crippen LogP contribution in [0.25, 0.3) is 16.9 Å². The van der Waals surface area contributed by atoms with Gasteiger partial charge in [0.25, 0.3) is 0 Å². The van der Waals surface area contributed by atoms with Gasteiger partial charge in [-0.05, 0) is 31.2 Å². The number of aromatic nitrogens is 2. The first-order valence-electron chi connectivity index (χ1n) is 8.26. The van der Waals surface area contributed by atoms with Crippen LogP contribution in [0.1, 0.15) is 12.6 Å². The first-order chi connectivity index (χ1) is 12.5. The Kier molecular flexibility index (Phi) is 5.44. The van der Waals surface area contributed by atoms with Gasteiger partial charge < -0.3 is 19.6 Å². The first-order valence-corrected chi connectivity index (χ1v) is 8.64. The van der Waals surface area contributed by atoms with E-state index in [9.17, 15) is 4.79 Å². The fourth-order valence-corrected chi connectivity index (χ4v) is 2.97. The molecule has 2 heterocycles. The molecule has 3 aromatic rings. The Bertz CT molecular complexity index is 939. The zero-order valence-electron chi connectivity index (χ0n) is 14.6. The molecule has 2 aromatic heterocycles. The van der Waals surface area contributed by atoms with E-state index in [0.29, 0.717) is 5.02 Å². The van der Waals surface area contributed by atoms with Gasteiger partial charge in [0.2, 0.25) is 0 Å². The van der Waals surface area contributed by atoms with Crippen LogP contribution in [0.3, 0.4) is 0 Å². The summed E-state index contributed by atoms with van der Waals surface area (Å²) in [6.07, 6.45) is 2.04. The maximum absolute atomic E-state index is 12.0. The third-order valence-corrected chi connectivity index (χ3v) is 4.25. The van der Waals surface area contributed by atoms with Crippen LogP contribution >= 0.6 is 11.6 Å². The summed E-state index contributed by atoms with van der Waals surface area (Å²) >= 11 is 6.15. The Morgan fingerprint density at radius 2 is 2.15 bits per heavy atom. The Balaban J connectivity index is 2.11. The molecule has 1 aromatic carbocycles. The minimum atomic E-state index is -0.793. The lowest BCUT2D eigenvalue weighted by atomic mass is 10.1. The van der Waals surface area contributed by atoms with Crippen molar-refractivity contribution in [3.05, 3.63) is 53.3 Å². The van der Waals surface area contributed by atoms with Crippen molar-refractivity contribution in [2.24, 2.45) is 5.73 Å². The standard InChI is InChI=1S/C19H20ClN3O3/c1-3-26-19(24)15(21)10-16-18(12-5-4-6-14(9-12)25-2)22-17-8-7-13(20)11-23(16)17/h4-9,11,15H,3,10,21H2,1-2H3. The molecule has 3 rings (SSSR count). The van der Waals surface area contributed by atoms with Gasteiger partial charge in [0.05, 0.1) is 30.1 Å². The van der Waals surface area contributed by atoms with Crippen LogP contribution in [0.4, 0.5) is 0 Å². The molecule has 0 fully saturated rings. The summed E-state index contributed by atoms with van der Waals surface area (Å²) < 4.78 is 12.2. The number of nitrogens with zero attached hydrogens (tertiary/aromatic N) is 2. The smallest absolute Gasteiger partial charge is 0.323 e. The second kappa shape index (κ2) is 7.76. The van der Waals surface area contributed by atoms with Crippen molar-refractivity contribution in [3.63, 3.8) is 0 Å². The number of hydrogen-bond acceptors (Lipinski definition) is 5. The third kappa shape index (κ3) is 3.66. The SMILES string of the molecule is CCOC(=O)C(N)Cc1c(-c2cccc(OC)c2)nc2ccc(Cl)cn12. The average Bonchev–Trinajstić information content (AvgIpc) is 2.99. The number of rotatable bonds is 6. The minimum absolute atomic E-state index is 0.271. The molecule has 6 nitrogen and oxygen atoms in total. The molecule has 1 atom stereocenters. The third-order valence-electron chi connectivity index (χ3n) is 4.03. The van der Waals surface area contributed by atoms with Gasteiger partial charge in [-0.25, -0.2) is 4.98 Å². The number of pyridine rings is 1. The van der Waals surface area contributed by atoms with Gasteiger partial charge in [-0.3, -0.25) is 4.79 Å². The molecular formula is C19H20ClN3O3. The van der Waals surface area contributed by atoms with Crippen molar-refractivity contribution in [2.45, 2.75) is 19.4 Å². The Morgan fingerprint density at radius 3 is 2.88 bits per heavy atom. The lowest BCUT2D eigenvalue weighted by molar-refractivity contribution is -0.144. The fourth-order valence-electron chi connectivity index (χ4n) is 2.80. The molecule has 136 valence electrons. The average molecular weight is 374 g/mol. The van der Waals surface area contributed by atoms with E-state index in [1.54, 1.807) is 26.3 Å². The van der Waals surface area contributed by atoms with E-state index >= 15 is 0 Å². The first kappa shape index (κ1) is 18.2. The number of benzene rings is 1. The van der Waals surface area contributed by atoms with Crippen LogP contribution in [0.5, 0.6) is 5.75 Å². The molecule has 0 aliphatic heterocycles. The van der Waals surface area contributed by atoms with Crippen LogP contribution in [-0.4, -0.2) is 35.1 Å². The number of esters is 1. The van der Waals surface area contributed by atoms with Gasteiger partial charge in [-0.15, -0.1) is 0 Å². The fraction of sp³-hybridized carbons (Fsp3) is 0.263. The molecular weight excluding hydrogens is 354 g/mol. The summed E-state index contributed by atoms with van der Waals surface area (Å²) in [5, 5.41) is 0.568. The number of fused-ring (bicyclic) bond motifs is 1. The van der Waals surface area contributed by atoms with Crippen LogP contribution in [0, 0.1) is 0 Å². The molecule has 0 spiro atoms. The normalized spacial score (nSPS) is 12.2. The number of methoxy groups -OCH3 is 1. The second-order valence-corrected chi connectivity index (χ2v) is 6.21. The highest BCUT2D eigenvalue weighted by atomic mass is 35.5. The van der Waals surface area contributed by atoms with Crippen molar-refractivity contribution >= 4 is 23.2 Å². The van der Waals surface area contributed by atoms with E-state index in [0.717, 1.165) is 28.3 Å². The Labute approximate surface area is 156 Å². The summed E-state index contributed by atoms with van der Waals surface area (Å²) in [7, 11) is 1.61. The van der Waals surface area contributed by atoms with Crippen molar-refractivity contribution in [1.29, 1.82) is 0 Å². The zero-order valence-corrected chi connectivity index (χ0v) is 15.4. The van der Waals surface area contributed by atoms with Gasteiger partial charge in [0.15, 0.2) is 0 Å². The summed E-state index contributed by atoms with van der Waals surface area (Å²) in [6.45, 7) is 2.04. The van der Waals surface area contributed by atoms with Crippen molar-refractivity contribution in [3.8, 4) is 17.0 Å². The predicted octanol–water partition coefficient (Wildman–Crippen LogP) is 3.10. The van der Waals surface area contributed by atoms with Gasteiger partial charge in [0, 0.05) is 18.2 Å². The maximum Gasteiger partial charge on any atom is 0.323 e. The number of carbonyl (C=O) groups is 1. The highest BCUT2D eigenvalue weighted by molar-refractivity contribution is 6.30. The number of nitrogens with two attached hydrogens (primary N) is 1. The van der Waals surface area contributed by atoms with Crippen LogP contribution in [0.2, 0.25) is 5.02 Å². The quantitative estimate of drug-likeness (QED) is 0.672. The molecule has 0 aliphatic rings. The molecule has 2 N–H and O–H groups in total. The Hall–Kier alpha value is -2.57. The van der Waals surface area contributed by atoms with Crippen molar-refractivity contribution in [2.75, 3.05) is 13.7 Å². The summed E-state index contributed by atoms with van der Waals surface area (Å²) in [5.74, 6) is 0.277. The topological polar surface area (TPSA) is 78.8 Å². The lowest BCUT2D eigenvalue weighted by Crippen LogP contribution is -2.34. The van der Waals surface area contributed by atoms with Crippen LogP contribution < -0.4 is 10.5 Å². The molecule has 0 amide bonds. The number of imidazole rings is 1. The van der Waals surface area contributed by atoms with Gasteiger partial charge in [-0.2, -0.15) is 0 Å². The summed E-state index contributed by atoms with van der Waals surface area (Å²) in [4.78, 5) is 16.7. The number of ether oxygens (including phenoxy) is 2. The van der Waals surface area contributed by atoms with E-state index in [2.05, 4.69) is 0 Å². The zero-order chi connectivity index (χ0) is 18.7. The van der Waals surface area contributed by atoms with E-state index in [1.807, 2.05) is 34.7 Å². The monoisotopic (exact) mass is 373 g/mol. The van der Waals surface area contributed by atoms with Crippen LogP contribution in [0.15, 0.2) is 42.6 Å². The maximum atomic E-state index is 12.0. The molecule has 0 radical (unpaired) electrons. The predicted molar refractivity (Wildman–Crippen MR) is 101 cm³/mol. The molecule has 1 unspecified atom stereocenters. The highest BCUT2D eigenvalue weighted by Gasteiger charge is 2.22. The molecule has 0 aliphatic carbocycles. The molecule has 7 heteroatoms. The lowest BCUT2D eigenvalue weighted by Gasteiger charge is -2.12. The minimum Gasteiger partial charge on any atom is -0.497 e. The van der Waals surface area contributed by atoms with E-state index in [1.165, 1.54) is 0 Å². The van der Waals surface area contributed by atoms with Gasteiger partial charge in [-0.1, -0.05) is 23.7 Å². The van der Waals surface area contributed by atoms with E-state index < -0.39 is 12.0 Å². The Morgan fingerprint density at radius 1 is 1.35 bits per heavy atom. The molecule has 26 heavy (non-hydrogen) atoms. The van der Waals surface area contributed by atoms with Gasteiger partial charge in [0.1, 0.15) is 17.4 Å². The van der Waals surface area contributed by atoms with Crippen molar-refractivity contribution in [1.82, 2.24) is 9.38 Å². The number of hydrogen-bond donors (Lipinski definition) is 1. The van der Waals surface area contributed by atoms with E-state index in [-0.39, 0.29) is 13.0 Å². The van der Waals surface area contributed by atoms with Crippen molar-refractivity contribution < 1.29 is 14.3 Å². The summed E-state index contributed by atoms with van der Waals surface area (Å²) in [5.41, 5.74) is 9.16. The largest absolute Gasteiger partial charge is 0.497 e. The number of carbonyl (C=O) groups excluding carboxylic acids is 1. The second-order valence-electron chi connectivity index (χ2n) is 5.78. The summed E-state index contributed by atoms with van der Waals surface area (Å²) in [6, 6.07) is 10.4. The molecule has 0 bridgehead atoms. The molecule has 0 saturated carbocycles. The molecule has 0 saturated heterocycles. The van der Waals surface area contributed by atoms with Gasteiger partial charge >= 0.3 is 5.97 Å². The van der Waals surface area contributed by atoms with E-state index in [4.69, 9.17) is 31.8 Å². The highest BCUT2D eigenvalue weighted by Crippen LogP contribution is 2.29. The number of halogens is 1.